The number of anilines is 1. The van der Waals surface area contributed by atoms with Gasteiger partial charge in [-0.3, -0.25) is 10.1 Å². The molecule has 1 amide bonds. The number of hydrogen-bond donors (Lipinski definition) is 2. The van der Waals surface area contributed by atoms with Crippen LogP contribution in [-0.4, -0.2) is 12.5 Å². The topological polar surface area (TPSA) is 54.3 Å². The van der Waals surface area contributed by atoms with Crippen LogP contribution in [0.15, 0.2) is 45.5 Å². The Balaban J connectivity index is 1.85. The van der Waals surface area contributed by atoms with Crippen molar-refractivity contribution < 1.29 is 9.21 Å². The van der Waals surface area contributed by atoms with Gasteiger partial charge in [0.1, 0.15) is 5.76 Å². The Bertz CT molecular complexity index is 582. The molecule has 0 saturated heterocycles. The number of furan rings is 1. The molecule has 2 aromatic rings. The zero-order valence-electron chi connectivity index (χ0n) is 11.4. The Morgan fingerprint density at radius 3 is 2.85 bits per heavy atom. The maximum Gasteiger partial charge on any atom is 0.238 e. The zero-order chi connectivity index (χ0) is 14.5. The molecule has 5 heteroatoms. The average molecular weight is 337 g/mol. The SMILES string of the molecule is Cc1ccc(NC(=O)CN[C@H](C)c2ccco2)cc1Br. The third-order valence-corrected chi connectivity index (χ3v) is 3.85. The van der Waals surface area contributed by atoms with Crippen molar-refractivity contribution in [3.63, 3.8) is 0 Å². The summed E-state index contributed by atoms with van der Waals surface area (Å²) in [7, 11) is 0. The summed E-state index contributed by atoms with van der Waals surface area (Å²) in [5.74, 6) is 0.732. The summed E-state index contributed by atoms with van der Waals surface area (Å²) in [4.78, 5) is 11.9. The first-order valence-electron chi connectivity index (χ1n) is 6.39. The summed E-state index contributed by atoms with van der Waals surface area (Å²) in [5.41, 5.74) is 1.91. The molecule has 4 nitrogen and oxygen atoms in total. The molecule has 0 saturated carbocycles. The van der Waals surface area contributed by atoms with Crippen LogP contribution in [-0.2, 0) is 4.79 Å². The number of carbonyl (C=O) groups excluding carboxylic acids is 1. The van der Waals surface area contributed by atoms with E-state index in [2.05, 4.69) is 26.6 Å². The van der Waals surface area contributed by atoms with Crippen molar-refractivity contribution in [2.45, 2.75) is 19.9 Å². The minimum absolute atomic E-state index is 0.000467. The lowest BCUT2D eigenvalue weighted by molar-refractivity contribution is -0.115. The van der Waals surface area contributed by atoms with Crippen molar-refractivity contribution in [2.75, 3.05) is 11.9 Å². The molecule has 1 atom stereocenters. The number of amides is 1. The molecule has 2 rings (SSSR count). The van der Waals surface area contributed by atoms with Gasteiger partial charge in [0.25, 0.3) is 0 Å². The molecule has 0 aliphatic rings. The molecule has 0 aliphatic carbocycles. The Labute approximate surface area is 126 Å². The van der Waals surface area contributed by atoms with Crippen LogP contribution in [0, 0.1) is 6.92 Å². The fourth-order valence-electron chi connectivity index (χ4n) is 1.76. The molecule has 0 unspecified atom stereocenters. The van der Waals surface area contributed by atoms with Gasteiger partial charge in [0.05, 0.1) is 18.8 Å². The van der Waals surface area contributed by atoms with Gasteiger partial charge in [0, 0.05) is 10.2 Å². The first kappa shape index (κ1) is 14.8. The van der Waals surface area contributed by atoms with Crippen LogP contribution >= 0.6 is 15.9 Å². The fraction of sp³-hybridized carbons (Fsp3) is 0.267. The van der Waals surface area contributed by atoms with Gasteiger partial charge >= 0.3 is 0 Å². The normalized spacial score (nSPS) is 12.2. The number of benzene rings is 1. The standard InChI is InChI=1S/C15H17BrN2O2/c1-10-5-6-12(8-13(10)16)18-15(19)9-17-11(2)14-4-3-7-20-14/h3-8,11,17H,9H2,1-2H3,(H,18,19)/t11-/m1/s1. The molecule has 0 bridgehead atoms. The van der Waals surface area contributed by atoms with Gasteiger partial charge in [-0.1, -0.05) is 22.0 Å². The lowest BCUT2D eigenvalue weighted by Crippen LogP contribution is -2.29. The molecule has 0 radical (unpaired) electrons. The predicted molar refractivity (Wildman–Crippen MR) is 82.6 cm³/mol. The van der Waals surface area contributed by atoms with Gasteiger partial charge in [0.15, 0.2) is 0 Å². The second-order valence-corrected chi connectivity index (χ2v) is 5.48. The number of halogens is 1. The average Bonchev–Trinajstić information content (AvgIpc) is 2.94. The third-order valence-electron chi connectivity index (χ3n) is 2.99. The van der Waals surface area contributed by atoms with Crippen LogP contribution < -0.4 is 10.6 Å². The number of rotatable bonds is 5. The first-order valence-corrected chi connectivity index (χ1v) is 7.18. The molecule has 0 aliphatic heterocycles. The van der Waals surface area contributed by atoms with Gasteiger partial charge in [0.2, 0.25) is 5.91 Å². The van der Waals surface area contributed by atoms with Gasteiger partial charge in [-0.2, -0.15) is 0 Å². The van der Waals surface area contributed by atoms with E-state index in [1.54, 1.807) is 6.26 Å². The highest BCUT2D eigenvalue weighted by molar-refractivity contribution is 9.10. The summed E-state index contributed by atoms with van der Waals surface area (Å²) in [5, 5.41) is 5.96. The Hall–Kier alpha value is -1.59. The molecule has 0 fully saturated rings. The van der Waals surface area contributed by atoms with E-state index in [4.69, 9.17) is 4.42 Å². The summed E-state index contributed by atoms with van der Waals surface area (Å²) in [6.07, 6.45) is 1.62. The molecule has 1 heterocycles. The van der Waals surface area contributed by atoms with Crippen molar-refractivity contribution in [1.29, 1.82) is 0 Å². The monoisotopic (exact) mass is 336 g/mol. The van der Waals surface area contributed by atoms with E-state index in [-0.39, 0.29) is 18.5 Å². The molecule has 1 aromatic heterocycles. The molecular formula is C15H17BrN2O2. The van der Waals surface area contributed by atoms with E-state index in [0.29, 0.717) is 0 Å². The fourth-order valence-corrected chi connectivity index (χ4v) is 2.14. The lowest BCUT2D eigenvalue weighted by Gasteiger charge is -2.12. The van der Waals surface area contributed by atoms with Gasteiger partial charge in [-0.05, 0) is 43.7 Å². The van der Waals surface area contributed by atoms with E-state index in [1.165, 1.54) is 0 Å². The lowest BCUT2D eigenvalue weighted by atomic mass is 10.2. The van der Waals surface area contributed by atoms with Gasteiger partial charge < -0.3 is 9.73 Å². The van der Waals surface area contributed by atoms with E-state index in [9.17, 15) is 4.79 Å². The molecule has 106 valence electrons. The predicted octanol–water partition coefficient (Wildman–Crippen LogP) is 3.64. The van der Waals surface area contributed by atoms with E-state index in [0.717, 1.165) is 21.5 Å². The summed E-state index contributed by atoms with van der Waals surface area (Å²) >= 11 is 3.45. The van der Waals surface area contributed by atoms with E-state index < -0.39 is 0 Å². The molecule has 20 heavy (non-hydrogen) atoms. The maximum atomic E-state index is 11.9. The highest BCUT2D eigenvalue weighted by Crippen LogP contribution is 2.20. The quantitative estimate of drug-likeness (QED) is 0.876. The van der Waals surface area contributed by atoms with Gasteiger partial charge in [-0.15, -0.1) is 0 Å². The summed E-state index contributed by atoms with van der Waals surface area (Å²) in [6.45, 7) is 4.18. The highest BCUT2D eigenvalue weighted by Gasteiger charge is 2.10. The molecule has 2 N–H and O–H groups in total. The van der Waals surface area contributed by atoms with Crippen molar-refractivity contribution in [1.82, 2.24) is 5.32 Å². The third kappa shape index (κ3) is 3.95. The van der Waals surface area contributed by atoms with Crippen molar-refractivity contribution in [2.24, 2.45) is 0 Å². The minimum Gasteiger partial charge on any atom is -0.468 e. The number of hydrogen-bond acceptors (Lipinski definition) is 3. The second kappa shape index (κ2) is 6.72. The van der Waals surface area contributed by atoms with E-state index in [1.807, 2.05) is 44.2 Å². The largest absolute Gasteiger partial charge is 0.468 e. The van der Waals surface area contributed by atoms with Crippen LogP contribution in [0.2, 0.25) is 0 Å². The second-order valence-electron chi connectivity index (χ2n) is 4.63. The first-order chi connectivity index (χ1) is 9.56. The number of nitrogens with one attached hydrogen (secondary N) is 2. The maximum absolute atomic E-state index is 11.9. The Morgan fingerprint density at radius 1 is 1.40 bits per heavy atom. The van der Waals surface area contributed by atoms with Crippen molar-refractivity contribution >= 4 is 27.5 Å². The van der Waals surface area contributed by atoms with Crippen LogP contribution in [0.3, 0.4) is 0 Å². The Morgan fingerprint density at radius 2 is 2.20 bits per heavy atom. The Kier molecular flexibility index (Phi) is 4.98. The minimum atomic E-state index is -0.0841. The number of carbonyl (C=O) groups is 1. The smallest absolute Gasteiger partial charge is 0.238 e. The zero-order valence-corrected chi connectivity index (χ0v) is 13.0. The molecule has 0 spiro atoms. The van der Waals surface area contributed by atoms with Crippen LogP contribution in [0.5, 0.6) is 0 Å². The van der Waals surface area contributed by atoms with Crippen LogP contribution in [0.4, 0.5) is 5.69 Å². The van der Waals surface area contributed by atoms with Crippen molar-refractivity contribution in [3.05, 3.63) is 52.4 Å². The highest BCUT2D eigenvalue weighted by atomic mass is 79.9. The van der Waals surface area contributed by atoms with Gasteiger partial charge in [-0.25, -0.2) is 0 Å². The van der Waals surface area contributed by atoms with E-state index >= 15 is 0 Å². The molecule has 1 aromatic carbocycles. The van der Waals surface area contributed by atoms with Crippen LogP contribution in [0.1, 0.15) is 24.3 Å². The van der Waals surface area contributed by atoms with Crippen molar-refractivity contribution in [3.8, 4) is 0 Å². The summed E-state index contributed by atoms with van der Waals surface area (Å²) < 4.78 is 6.25. The van der Waals surface area contributed by atoms with Crippen LogP contribution in [0.25, 0.3) is 0 Å². The summed E-state index contributed by atoms with van der Waals surface area (Å²) in [6, 6.07) is 9.44. The molecular weight excluding hydrogens is 320 g/mol. The number of aryl methyl sites for hydroxylation is 1.